The smallest absolute Gasteiger partial charge is 0.164 e. The number of aromatic nitrogens is 3. The minimum absolute atomic E-state index is 0.0954. The lowest BCUT2D eigenvalue weighted by molar-refractivity contribution is 0.660. The molecule has 1 aliphatic rings. The van der Waals surface area contributed by atoms with Crippen LogP contribution in [0, 0.1) is 0 Å². The Hall–Kier alpha value is -8.21. The Kier molecular flexibility index (Phi) is 8.80. The Morgan fingerprint density at radius 3 is 1.42 bits per heavy atom. The molecule has 64 heavy (non-hydrogen) atoms. The maximum atomic E-state index is 6.65. The third-order valence-corrected chi connectivity index (χ3v) is 12.9. The van der Waals surface area contributed by atoms with Gasteiger partial charge < -0.3 is 4.42 Å². The second-order valence-electron chi connectivity index (χ2n) is 17.2. The first-order valence-corrected chi connectivity index (χ1v) is 21.8. The van der Waals surface area contributed by atoms with Crippen molar-refractivity contribution in [2.45, 2.75) is 19.3 Å². The minimum atomic E-state index is -0.0954. The van der Waals surface area contributed by atoms with E-state index in [9.17, 15) is 0 Å². The number of hydrogen-bond acceptors (Lipinski definition) is 4. The van der Waals surface area contributed by atoms with Crippen LogP contribution in [-0.4, -0.2) is 15.0 Å². The van der Waals surface area contributed by atoms with Crippen molar-refractivity contribution in [3.05, 3.63) is 223 Å². The van der Waals surface area contributed by atoms with Gasteiger partial charge in [-0.2, -0.15) is 0 Å². The highest BCUT2D eigenvalue weighted by Gasteiger charge is 2.35. The Labute approximate surface area is 372 Å². The van der Waals surface area contributed by atoms with Crippen LogP contribution in [0.3, 0.4) is 0 Å². The Balaban J connectivity index is 0.976. The first-order valence-electron chi connectivity index (χ1n) is 21.8. The lowest BCUT2D eigenvalue weighted by Gasteiger charge is -2.22. The number of fused-ring (bicyclic) bond motifs is 6. The van der Waals surface area contributed by atoms with Gasteiger partial charge in [-0.05, 0) is 109 Å². The highest BCUT2D eigenvalue weighted by molar-refractivity contribution is 6.13. The summed E-state index contributed by atoms with van der Waals surface area (Å²) in [7, 11) is 0. The van der Waals surface area contributed by atoms with E-state index in [-0.39, 0.29) is 5.41 Å². The van der Waals surface area contributed by atoms with Gasteiger partial charge in [0.05, 0.1) is 0 Å². The van der Waals surface area contributed by atoms with Gasteiger partial charge in [0, 0.05) is 32.9 Å². The van der Waals surface area contributed by atoms with Crippen molar-refractivity contribution in [1.29, 1.82) is 0 Å². The molecule has 0 saturated carbocycles. The molecule has 4 heteroatoms. The number of furan rings is 1. The molecule has 2 heterocycles. The minimum Gasteiger partial charge on any atom is -0.456 e. The normalized spacial score (nSPS) is 12.7. The second kappa shape index (κ2) is 15.0. The van der Waals surface area contributed by atoms with E-state index in [2.05, 4.69) is 214 Å². The van der Waals surface area contributed by atoms with Crippen LogP contribution in [-0.2, 0) is 5.41 Å². The van der Waals surface area contributed by atoms with E-state index in [1.54, 1.807) is 0 Å². The fourth-order valence-corrected chi connectivity index (χ4v) is 9.66. The first kappa shape index (κ1) is 37.5. The molecule has 0 spiro atoms. The van der Waals surface area contributed by atoms with Crippen molar-refractivity contribution >= 4 is 21.9 Å². The number of benzene rings is 9. The summed E-state index contributed by atoms with van der Waals surface area (Å²) in [6.07, 6.45) is 0. The van der Waals surface area contributed by atoms with E-state index < -0.39 is 0 Å². The van der Waals surface area contributed by atoms with Crippen molar-refractivity contribution in [2.75, 3.05) is 0 Å². The van der Waals surface area contributed by atoms with Crippen LogP contribution < -0.4 is 0 Å². The van der Waals surface area contributed by atoms with Gasteiger partial charge in [0.2, 0.25) is 0 Å². The van der Waals surface area contributed by atoms with Gasteiger partial charge in [-0.25, -0.2) is 15.0 Å². The van der Waals surface area contributed by atoms with E-state index in [1.807, 2.05) is 12.1 Å². The molecule has 302 valence electrons. The van der Waals surface area contributed by atoms with Gasteiger partial charge in [0.25, 0.3) is 0 Å². The van der Waals surface area contributed by atoms with Crippen molar-refractivity contribution in [1.82, 2.24) is 15.0 Å². The summed E-state index contributed by atoms with van der Waals surface area (Å²) in [6.45, 7) is 4.65. The highest BCUT2D eigenvalue weighted by atomic mass is 16.3. The maximum absolute atomic E-state index is 6.65. The summed E-state index contributed by atoms with van der Waals surface area (Å²) in [5, 5.41) is 2.12. The van der Waals surface area contributed by atoms with E-state index in [1.165, 1.54) is 33.4 Å². The quantitative estimate of drug-likeness (QED) is 0.161. The summed E-state index contributed by atoms with van der Waals surface area (Å²) in [5.74, 6) is 1.78. The first-order chi connectivity index (χ1) is 31.4. The second-order valence-corrected chi connectivity index (χ2v) is 17.2. The SMILES string of the molecule is CC1(C)c2ccccc2-c2ccc(-c3cccc(-c4nc(-c5cccc(-c6ccccc6)c5)nc(-c5ccc6c(c5)oc5cccc(-c7cccc(-c8ccccc8)c7)c56)n4)c3)cc21. The zero-order valence-electron chi connectivity index (χ0n) is 35.5. The summed E-state index contributed by atoms with van der Waals surface area (Å²) in [4.78, 5) is 15.6. The highest BCUT2D eigenvalue weighted by Crippen LogP contribution is 2.49. The van der Waals surface area contributed by atoms with Crippen LogP contribution in [0.2, 0.25) is 0 Å². The molecular weight excluding hydrogens is 779 g/mol. The molecule has 9 aromatic carbocycles. The fourth-order valence-electron chi connectivity index (χ4n) is 9.66. The topological polar surface area (TPSA) is 51.8 Å². The molecule has 0 unspecified atom stereocenters. The van der Waals surface area contributed by atoms with Crippen molar-refractivity contribution < 1.29 is 4.42 Å². The Morgan fingerprint density at radius 2 is 0.766 bits per heavy atom. The summed E-state index contributed by atoms with van der Waals surface area (Å²) in [5.41, 5.74) is 18.6. The lowest BCUT2D eigenvalue weighted by atomic mass is 9.81. The van der Waals surface area contributed by atoms with Gasteiger partial charge in [-0.15, -0.1) is 0 Å². The molecule has 0 atom stereocenters. The molecule has 0 amide bonds. The predicted octanol–water partition coefficient (Wildman–Crippen LogP) is 15.7. The van der Waals surface area contributed by atoms with Gasteiger partial charge in [0.15, 0.2) is 17.5 Å². The van der Waals surface area contributed by atoms with Crippen LogP contribution in [0.15, 0.2) is 217 Å². The number of rotatable bonds is 7. The molecular formula is C60H41N3O. The molecule has 0 radical (unpaired) electrons. The molecule has 0 saturated heterocycles. The van der Waals surface area contributed by atoms with Gasteiger partial charge in [-0.3, -0.25) is 0 Å². The summed E-state index contributed by atoms with van der Waals surface area (Å²) in [6, 6.07) is 75.0. The largest absolute Gasteiger partial charge is 0.456 e. The molecule has 4 nitrogen and oxygen atoms in total. The average molecular weight is 820 g/mol. The molecule has 0 N–H and O–H groups in total. The van der Waals surface area contributed by atoms with E-state index in [4.69, 9.17) is 19.4 Å². The van der Waals surface area contributed by atoms with E-state index in [0.717, 1.165) is 72.0 Å². The molecule has 0 fully saturated rings. The Bertz CT molecular complexity index is 3590. The van der Waals surface area contributed by atoms with Crippen LogP contribution in [0.5, 0.6) is 0 Å². The number of hydrogen-bond donors (Lipinski definition) is 0. The van der Waals surface area contributed by atoms with Crippen LogP contribution >= 0.6 is 0 Å². The lowest BCUT2D eigenvalue weighted by Crippen LogP contribution is -2.14. The van der Waals surface area contributed by atoms with E-state index >= 15 is 0 Å². The maximum Gasteiger partial charge on any atom is 0.164 e. The molecule has 12 rings (SSSR count). The van der Waals surface area contributed by atoms with Gasteiger partial charge >= 0.3 is 0 Å². The third kappa shape index (κ3) is 6.42. The zero-order chi connectivity index (χ0) is 42.8. The zero-order valence-corrected chi connectivity index (χ0v) is 35.5. The van der Waals surface area contributed by atoms with Crippen molar-refractivity contribution in [2.24, 2.45) is 0 Å². The van der Waals surface area contributed by atoms with Crippen LogP contribution in [0.4, 0.5) is 0 Å². The predicted molar refractivity (Wildman–Crippen MR) is 263 cm³/mol. The summed E-state index contributed by atoms with van der Waals surface area (Å²) >= 11 is 0. The molecule has 0 aliphatic heterocycles. The van der Waals surface area contributed by atoms with Crippen molar-refractivity contribution in [3.8, 4) is 89.8 Å². The van der Waals surface area contributed by atoms with Gasteiger partial charge in [-0.1, -0.05) is 184 Å². The Morgan fingerprint density at radius 1 is 0.312 bits per heavy atom. The van der Waals surface area contributed by atoms with Gasteiger partial charge in [0.1, 0.15) is 11.2 Å². The van der Waals surface area contributed by atoms with Crippen molar-refractivity contribution in [3.63, 3.8) is 0 Å². The number of nitrogens with zero attached hydrogens (tertiary/aromatic N) is 3. The average Bonchev–Trinajstić information content (AvgIpc) is 3.85. The van der Waals surface area contributed by atoms with E-state index in [0.29, 0.717) is 17.5 Å². The fraction of sp³-hybridized carbons (Fsp3) is 0.0500. The van der Waals surface area contributed by atoms with Crippen LogP contribution in [0.1, 0.15) is 25.0 Å². The standard InChI is InChI=1S/C60H41N3O/c1-60(2)52-27-10-9-25-49(52)50-31-29-43(36-53(50)60)42-21-13-24-46(35-42)58-61-57(45-23-12-20-41(34-45)39-17-7-4-8-18-39)62-59(63-58)47-30-32-51-55(37-47)64-54-28-14-26-48(56(51)54)44-22-11-19-40(33-44)38-15-5-3-6-16-38/h3-37H,1-2H3. The summed E-state index contributed by atoms with van der Waals surface area (Å²) < 4.78 is 6.65. The van der Waals surface area contributed by atoms with Crippen LogP contribution in [0.25, 0.3) is 112 Å². The molecule has 1 aliphatic carbocycles. The monoisotopic (exact) mass is 819 g/mol. The molecule has 11 aromatic rings. The third-order valence-electron chi connectivity index (χ3n) is 12.9. The molecule has 0 bridgehead atoms. The molecule has 2 aromatic heterocycles.